The quantitative estimate of drug-likeness (QED) is 0.780. The van der Waals surface area contributed by atoms with Gasteiger partial charge in [-0.1, -0.05) is 17.4 Å². The first-order valence-electron chi connectivity index (χ1n) is 8.00. The molecule has 7 nitrogen and oxygen atoms in total. The zero-order valence-electron chi connectivity index (χ0n) is 14.2. The van der Waals surface area contributed by atoms with Gasteiger partial charge in [0.05, 0.1) is 16.4 Å². The number of amides is 1. The number of carbonyl (C=O) groups excluding carboxylic acids is 1. The first-order valence-corrected chi connectivity index (χ1v) is 8.82. The number of nitrogens with one attached hydrogen (secondary N) is 1. The van der Waals surface area contributed by atoms with Crippen LogP contribution in [0, 0.1) is 28.7 Å². The van der Waals surface area contributed by atoms with Crippen molar-refractivity contribution in [3.8, 4) is 28.5 Å². The van der Waals surface area contributed by atoms with Crippen molar-refractivity contribution in [3.63, 3.8) is 0 Å². The smallest absolute Gasteiger partial charge is 0.404 e. The fourth-order valence-corrected chi connectivity index (χ4v) is 3.53. The van der Waals surface area contributed by atoms with Crippen LogP contribution in [0.25, 0.3) is 10.4 Å². The summed E-state index contributed by atoms with van der Waals surface area (Å²) in [6, 6.07) is 5.45. The molecule has 2 aromatic rings. The molecule has 11 heteroatoms. The number of hydrogen-bond acceptors (Lipinski definition) is 7. The minimum atomic E-state index is -4.92. The van der Waals surface area contributed by atoms with Gasteiger partial charge < -0.3 is 15.0 Å². The number of anilines is 1. The van der Waals surface area contributed by atoms with Gasteiger partial charge in [0.25, 0.3) is 0 Å². The van der Waals surface area contributed by atoms with Crippen molar-refractivity contribution in [1.82, 2.24) is 9.88 Å². The number of likely N-dealkylation sites (tertiary alicyclic amines) is 1. The number of nitriles is 2. The van der Waals surface area contributed by atoms with Crippen molar-refractivity contribution in [1.29, 1.82) is 10.5 Å². The maximum absolute atomic E-state index is 12.5. The molecule has 0 aliphatic carbocycles. The minimum absolute atomic E-state index is 0.248. The first kappa shape index (κ1) is 19.5. The third-order valence-corrected chi connectivity index (χ3v) is 5.01. The van der Waals surface area contributed by atoms with Crippen molar-refractivity contribution >= 4 is 22.4 Å². The van der Waals surface area contributed by atoms with Gasteiger partial charge in [-0.25, -0.2) is 4.98 Å². The maximum Gasteiger partial charge on any atom is 0.573 e. The Morgan fingerprint density at radius 1 is 1.39 bits per heavy atom. The van der Waals surface area contributed by atoms with Gasteiger partial charge in [0, 0.05) is 19.3 Å². The van der Waals surface area contributed by atoms with E-state index < -0.39 is 12.1 Å². The highest BCUT2D eigenvalue weighted by Gasteiger charge is 2.32. The molecular formula is C17H12F3N5O2S. The highest BCUT2D eigenvalue weighted by molar-refractivity contribution is 7.19. The number of aromatic nitrogens is 1. The third kappa shape index (κ3) is 4.50. The normalized spacial score (nSPS) is 16.3. The lowest BCUT2D eigenvalue weighted by Crippen LogP contribution is -2.25. The van der Waals surface area contributed by atoms with E-state index in [0.717, 1.165) is 17.4 Å². The molecule has 3 rings (SSSR count). The SMILES string of the molecule is N#Cc1ccc(-c2cnc(NC(=O)[C@H]3CCN(C#N)C3)s2)cc1OC(F)(F)F. The molecule has 1 aliphatic heterocycles. The van der Waals surface area contributed by atoms with Gasteiger partial charge in [0.15, 0.2) is 11.3 Å². The number of rotatable bonds is 4. The van der Waals surface area contributed by atoms with Crippen LogP contribution < -0.4 is 10.1 Å². The Balaban J connectivity index is 1.75. The van der Waals surface area contributed by atoms with E-state index in [1.54, 1.807) is 6.07 Å². The van der Waals surface area contributed by atoms with Crippen molar-refractivity contribution in [3.05, 3.63) is 30.0 Å². The molecule has 0 radical (unpaired) electrons. The molecule has 1 fully saturated rings. The van der Waals surface area contributed by atoms with E-state index in [2.05, 4.69) is 15.0 Å². The van der Waals surface area contributed by atoms with Gasteiger partial charge >= 0.3 is 6.36 Å². The lowest BCUT2D eigenvalue weighted by atomic mass is 10.1. The summed E-state index contributed by atoms with van der Waals surface area (Å²) in [5.41, 5.74) is 0.121. The monoisotopic (exact) mass is 407 g/mol. The lowest BCUT2D eigenvalue weighted by molar-refractivity contribution is -0.274. The minimum Gasteiger partial charge on any atom is -0.404 e. The van der Waals surface area contributed by atoms with Crippen LogP contribution in [0.1, 0.15) is 12.0 Å². The lowest BCUT2D eigenvalue weighted by Gasteiger charge is -2.11. The third-order valence-electron chi connectivity index (χ3n) is 4.05. The molecule has 0 unspecified atom stereocenters. The summed E-state index contributed by atoms with van der Waals surface area (Å²) in [6.45, 7) is 0.860. The second-order valence-electron chi connectivity index (χ2n) is 5.92. The molecule has 0 spiro atoms. The maximum atomic E-state index is 12.5. The number of carbonyl (C=O) groups is 1. The van der Waals surface area contributed by atoms with Crippen LogP contribution >= 0.6 is 11.3 Å². The zero-order chi connectivity index (χ0) is 20.3. The standard InChI is InChI=1S/C17H12F3N5O2S/c18-17(19,20)27-13-5-10(1-2-11(13)6-21)14-7-23-16(28-14)24-15(26)12-3-4-25(8-12)9-22/h1-2,5,7,12H,3-4,8H2,(H,23,24,26)/t12-/m0/s1. The molecule has 144 valence electrons. The summed E-state index contributed by atoms with van der Waals surface area (Å²) in [6.07, 6.45) is -0.954. The molecule has 1 N–H and O–H groups in total. The second-order valence-corrected chi connectivity index (χ2v) is 6.95. The highest BCUT2D eigenvalue weighted by atomic mass is 32.1. The molecule has 28 heavy (non-hydrogen) atoms. The molecule has 1 atom stereocenters. The molecule has 0 bridgehead atoms. The van der Waals surface area contributed by atoms with Crippen LogP contribution in [0.15, 0.2) is 24.4 Å². The van der Waals surface area contributed by atoms with Crippen molar-refractivity contribution in [2.45, 2.75) is 12.8 Å². The Labute approximate surface area is 161 Å². The summed E-state index contributed by atoms with van der Waals surface area (Å²) in [7, 11) is 0. The number of thiazole rings is 1. The number of halogens is 3. The van der Waals surface area contributed by atoms with Crippen LogP contribution in [-0.4, -0.2) is 35.2 Å². The molecule has 1 saturated heterocycles. The van der Waals surface area contributed by atoms with E-state index in [0.29, 0.717) is 30.0 Å². The van der Waals surface area contributed by atoms with Gasteiger partial charge in [-0.05, 0) is 24.1 Å². The predicted molar refractivity (Wildman–Crippen MR) is 92.9 cm³/mol. The fraction of sp³-hybridized carbons (Fsp3) is 0.294. The predicted octanol–water partition coefficient (Wildman–Crippen LogP) is 3.32. The van der Waals surface area contributed by atoms with E-state index in [1.807, 2.05) is 6.19 Å². The molecule has 0 saturated carbocycles. The average molecular weight is 407 g/mol. The Kier molecular flexibility index (Phi) is 5.38. The number of alkyl halides is 3. The van der Waals surface area contributed by atoms with Gasteiger partial charge in [-0.15, -0.1) is 13.2 Å². The molecule has 1 aliphatic rings. The zero-order valence-corrected chi connectivity index (χ0v) is 15.0. The van der Waals surface area contributed by atoms with E-state index >= 15 is 0 Å². The average Bonchev–Trinajstić information content (AvgIpc) is 3.29. The van der Waals surface area contributed by atoms with Gasteiger partial charge in [0.2, 0.25) is 5.91 Å². The highest BCUT2D eigenvalue weighted by Crippen LogP contribution is 2.35. The van der Waals surface area contributed by atoms with Crippen LogP contribution in [-0.2, 0) is 4.79 Å². The largest absolute Gasteiger partial charge is 0.573 e. The van der Waals surface area contributed by atoms with Crippen LogP contribution in [0.4, 0.5) is 18.3 Å². The Morgan fingerprint density at radius 2 is 2.18 bits per heavy atom. The van der Waals surface area contributed by atoms with Crippen LogP contribution in [0.5, 0.6) is 5.75 Å². The second kappa shape index (κ2) is 7.74. The van der Waals surface area contributed by atoms with Crippen LogP contribution in [0.3, 0.4) is 0 Å². The number of nitrogens with zero attached hydrogens (tertiary/aromatic N) is 4. The van der Waals surface area contributed by atoms with Gasteiger partial charge in [0.1, 0.15) is 11.8 Å². The topological polar surface area (TPSA) is 102 Å². The number of hydrogen-bond donors (Lipinski definition) is 1. The van der Waals surface area contributed by atoms with Crippen molar-refractivity contribution < 1.29 is 22.7 Å². The first-order chi connectivity index (χ1) is 13.3. The molecule has 2 heterocycles. The van der Waals surface area contributed by atoms with E-state index in [4.69, 9.17) is 10.5 Å². The van der Waals surface area contributed by atoms with Crippen molar-refractivity contribution in [2.75, 3.05) is 18.4 Å². The molecular weight excluding hydrogens is 395 g/mol. The van der Waals surface area contributed by atoms with Crippen LogP contribution in [0.2, 0.25) is 0 Å². The summed E-state index contributed by atoms with van der Waals surface area (Å²) >= 11 is 1.08. The molecule has 1 aromatic heterocycles. The summed E-state index contributed by atoms with van der Waals surface area (Å²) < 4.78 is 41.5. The number of benzene rings is 1. The molecule has 1 aromatic carbocycles. The summed E-state index contributed by atoms with van der Waals surface area (Å²) in [5.74, 6) is -1.19. The van der Waals surface area contributed by atoms with E-state index in [-0.39, 0.29) is 22.5 Å². The van der Waals surface area contributed by atoms with E-state index in [9.17, 15) is 18.0 Å². The van der Waals surface area contributed by atoms with Gasteiger partial charge in [-0.3, -0.25) is 4.79 Å². The van der Waals surface area contributed by atoms with Gasteiger partial charge in [-0.2, -0.15) is 10.5 Å². The molecule has 1 amide bonds. The summed E-state index contributed by atoms with van der Waals surface area (Å²) in [5, 5.41) is 20.7. The van der Waals surface area contributed by atoms with Crippen molar-refractivity contribution in [2.24, 2.45) is 5.92 Å². The Bertz CT molecular complexity index is 976. The fourth-order valence-electron chi connectivity index (χ4n) is 2.72. The Hall–Kier alpha value is -3.31. The number of ether oxygens (including phenoxy) is 1. The Morgan fingerprint density at radius 3 is 2.82 bits per heavy atom. The summed E-state index contributed by atoms with van der Waals surface area (Å²) in [4.78, 5) is 18.3. The van der Waals surface area contributed by atoms with E-state index in [1.165, 1.54) is 23.2 Å².